The first-order valence-electron chi connectivity index (χ1n) is 10.5. The van der Waals surface area contributed by atoms with Gasteiger partial charge in [-0.1, -0.05) is 71.9 Å². The number of halogens is 1. The molecule has 0 spiro atoms. The fraction of sp³-hybridized carbons (Fsp3) is 0.120. The van der Waals surface area contributed by atoms with Crippen molar-refractivity contribution in [1.29, 1.82) is 0 Å². The van der Waals surface area contributed by atoms with Gasteiger partial charge in [-0.25, -0.2) is 0 Å². The summed E-state index contributed by atoms with van der Waals surface area (Å²) in [4.78, 5) is 25.0. The van der Waals surface area contributed by atoms with E-state index in [1.165, 1.54) is 11.8 Å². The zero-order valence-corrected chi connectivity index (χ0v) is 19.8. The van der Waals surface area contributed by atoms with Crippen LogP contribution in [-0.2, 0) is 22.6 Å². The molecule has 0 saturated heterocycles. The number of rotatable bonds is 9. The molecule has 2 N–H and O–H groups in total. The number of carbonyl (C=O) groups excluding carboxylic acids is 2. The molecule has 0 fully saturated rings. The molecular weight excluding hydrogens is 470 g/mol. The lowest BCUT2D eigenvalue weighted by Gasteiger charge is -2.09. The summed E-state index contributed by atoms with van der Waals surface area (Å²) >= 11 is 7.36. The van der Waals surface area contributed by atoms with E-state index in [1.807, 2.05) is 42.5 Å². The fourth-order valence-electron chi connectivity index (χ4n) is 3.36. The minimum absolute atomic E-state index is 0.00983. The van der Waals surface area contributed by atoms with Gasteiger partial charge in [-0.05, 0) is 35.0 Å². The van der Waals surface area contributed by atoms with Gasteiger partial charge in [0.25, 0.3) is 0 Å². The van der Waals surface area contributed by atoms with Crippen LogP contribution >= 0.6 is 23.4 Å². The van der Waals surface area contributed by atoms with Gasteiger partial charge in [-0.15, -0.1) is 16.8 Å². The lowest BCUT2D eigenvalue weighted by atomic mass is 10.1. The standard InChI is InChI=1S/C25H22ClN5O2S/c1-2-13-31-22(15-23(32)28-21-10-6-5-9-20(21)26)29-30-25(31)34-16-24(33)27-19-12-11-17-7-3-4-8-18(17)14-19/h2-12,14H,1,13,15-16H2,(H,27,33)(H,28,32). The number of para-hydroxylation sites is 1. The summed E-state index contributed by atoms with van der Waals surface area (Å²) in [6.07, 6.45) is 1.70. The molecule has 0 aliphatic rings. The van der Waals surface area contributed by atoms with E-state index in [9.17, 15) is 9.59 Å². The summed E-state index contributed by atoms with van der Waals surface area (Å²) < 4.78 is 1.77. The first-order valence-corrected chi connectivity index (χ1v) is 11.9. The topological polar surface area (TPSA) is 88.9 Å². The van der Waals surface area contributed by atoms with Crippen molar-refractivity contribution in [2.24, 2.45) is 0 Å². The van der Waals surface area contributed by atoms with Gasteiger partial charge in [0.1, 0.15) is 5.82 Å². The molecule has 4 aromatic rings. The average molecular weight is 492 g/mol. The van der Waals surface area contributed by atoms with Gasteiger partial charge in [0.15, 0.2) is 5.16 Å². The summed E-state index contributed by atoms with van der Waals surface area (Å²) in [6.45, 7) is 4.18. The average Bonchev–Trinajstić information content (AvgIpc) is 3.20. The molecule has 7 nitrogen and oxygen atoms in total. The van der Waals surface area contributed by atoms with Crippen LogP contribution in [0.5, 0.6) is 0 Å². The highest BCUT2D eigenvalue weighted by molar-refractivity contribution is 7.99. The molecular formula is C25H22ClN5O2S. The number of allylic oxidation sites excluding steroid dienone is 1. The summed E-state index contributed by atoms with van der Waals surface area (Å²) in [5.74, 6) is 0.193. The van der Waals surface area contributed by atoms with Gasteiger partial charge in [-0.3, -0.25) is 9.59 Å². The molecule has 1 heterocycles. The van der Waals surface area contributed by atoms with Gasteiger partial charge in [0.05, 0.1) is 22.9 Å². The van der Waals surface area contributed by atoms with Crippen molar-refractivity contribution in [3.8, 4) is 0 Å². The summed E-state index contributed by atoms with van der Waals surface area (Å²) in [6, 6.07) is 20.8. The number of hydrogen-bond acceptors (Lipinski definition) is 5. The Hall–Kier alpha value is -3.62. The van der Waals surface area contributed by atoms with Crippen LogP contribution in [0.3, 0.4) is 0 Å². The fourth-order valence-corrected chi connectivity index (χ4v) is 4.31. The van der Waals surface area contributed by atoms with Crippen molar-refractivity contribution in [3.05, 3.63) is 90.2 Å². The Labute approximate surface area is 206 Å². The van der Waals surface area contributed by atoms with Crippen molar-refractivity contribution < 1.29 is 9.59 Å². The third kappa shape index (κ3) is 5.84. The van der Waals surface area contributed by atoms with E-state index in [0.717, 1.165) is 16.5 Å². The zero-order valence-electron chi connectivity index (χ0n) is 18.2. The molecule has 9 heteroatoms. The van der Waals surface area contributed by atoms with E-state index in [-0.39, 0.29) is 24.0 Å². The quantitative estimate of drug-likeness (QED) is 0.248. The second-order valence-corrected chi connectivity index (χ2v) is 8.75. The molecule has 34 heavy (non-hydrogen) atoms. The van der Waals surface area contributed by atoms with E-state index in [2.05, 4.69) is 27.4 Å². The lowest BCUT2D eigenvalue weighted by molar-refractivity contribution is -0.116. The highest BCUT2D eigenvalue weighted by Gasteiger charge is 2.17. The van der Waals surface area contributed by atoms with Crippen molar-refractivity contribution in [2.75, 3.05) is 16.4 Å². The predicted molar refractivity (Wildman–Crippen MR) is 137 cm³/mol. The number of fused-ring (bicyclic) bond motifs is 1. The number of anilines is 2. The Balaban J connectivity index is 1.38. The van der Waals surface area contributed by atoms with Gasteiger partial charge in [-0.2, -0.15) is 0 Å². The van der Waals surface area contributed by atoms with Crippen molar-refractivity contribution in [2.45, 2.75) is 18.1 Å². The van der Waals surface area contributed by atoms with Gasteiger partial charge in [0.2, 0.25) is 11.8 Å². The SMILES string of the molecule is C=CCn1c(CC(=O)Nc2ccccc2Cl)nnc1SCC(=O)Nc1ccc2ccccc2c1. The van der Waals surface area contributed by atoms with Crippen LogP contribution in [0.25, 0.3) is 10.8 Å². The van der Waals surface area contributed by atoms with Gasteiger partial charge >= 0.3 is 0 Å². The van der Waals surface area contributed by atoms with Crippen LogP contribution in [0.1, 0.15) is 5.82 Å². The minimum Gasteiger partial charge on any atom is -0.325 e. The number of amides is 2. The maximum atomic E-state index is 12.5. The first kappa shape index (κ1) is 23.5. The molecule has 0 radical (unpaired) electrons. The van der Waals surface area contributed by atoms with E-state index >= 15 is 0 Å². The molecule has 1 aromatic heterocycles. The van der Waals surface area contributed by atoms with Gasteiger partial charge < -0.3 is 15.2 Å². The molecule has 0 unspecified atom stereocenters. The molecule has 0 aliphatic carbocycles. The van der Waals surface area contributed by atoms with Crippen LogP contribution in [0.2, 0.25) is 5.02 Å². The zero-order chi connectivity index (χ0) is 23.9. The molecule has 172 valence electrons. The summed E-state index contributed by atoms with van der Waals surface area (Å²) in [5.41, 5.74) is 1.26. The molecule has 3 aromatic carbocycles. The third-order valence-electron chi connectivity index (χ3n) is 4.94. The Kier molecular flexibility index (Phi) is 7.61. The van der Waals surface area contributed by atoms with E-state index < -0.39 is 0 Å². The van der Waals surface area contributed by atoms with Crippen LogP contribution in [0, 0.1) is 0 Å². The Bertz CT molecular complexity index is 1350. The maximum Gasteiger partial charge on any atom is 0.234 e. The number of aromatic nitrogens is 3. The molecule has 0 bridgehead atoms. The monoisotopic (exact) mass is 491 g/mol. The maximum absolute atomic E-state index is 12.5. The van der Waals surface area contributed by atoms with Crippen molar-refractivity contribution in [3.63, 3.8) is 0 Å². The second kappa shape index (κ2) is 11.0. The minimum atomic E-state index is -0.267. The molecule has 4 rings (SSSR count). The Morgan fingerprint density at radius 2 is 1.74 bits per heavy atom. The van der Waals surface area contributed by atoms with Gasteiger partial charge in [0, 0.05) is 12.2 Å². The Morgan fingerprint density at radius 3 is 2.53 bits per heavy atom. The van der Waals surface area contributed by atoms with Crippen molar-refractivity contribution >= 4 is 57.3 Å². The number of benzene rings is 3. The number of thioether (sulfide) groups is 1. The van der Waals surface area contributed by atoms with Crippen molar-refractivity contribution in [1.82, 2.24) is 14.8 Å². The van der Waals surface area contributed by atoms with Crippen LogP contribution in [0.15, 0.2) is 84.5 Å². The molecule has 0 atom stereocenters. The number of carbonyl (C=O) groups is 2. The number of hydrogen-bond donors (Lipinski definition) is 2. The first-order chi connectivity index (χ1) is 16.5. The third-order valence-corrected chi connectivity index (χ3v) is 6.23. The van der Waals surface area contributed by atoms with Crippen LogP contribution in [0.4, 0.5) is 11.4 Å². The molecule has 0 aliphatic heterocycles. The van der Waals surface area contributed by atoms with Crippen LogP contribution < -0.4 is 10.6 Å². The summed E-state index contributed by atoms with van der Waals surface area (Å²) in [5, 5.41) is 17.2. The van der Waals surface area contributed by atoms with E-state index in [1.54, 1.807) is 34.9 Å². The molecule has 2 amide bonds. The van der Waals surface area contributed by atoms with E-state index in [0.29, 0.717) is 28.2 Å². The lowest BCUT2D eigenvalue weighted by Crippen LogP contribution is -2.18. The van der Waals surface area contributed by atoms with E-state index in [4.69, 9.17) is 11.6 Å². The Morgan fingerprint density at radius 1 is 0.971 bits per heavy atom. The highest BCUT2D eigenvalue weighted by atomic mass is 35.5. The largest absolute Gasteiger partial charge is 0.325 e. The van der Waals surface area contributed by atoms with Crippen LogP contribution in [-0.4, -0.2) is 32.3 Å². The predicted octanol–water partition coefficient (Wildman–Crippen LogP) is 5.18. The highest BCUT2D eigenvalue weighted by Crippen LogP contribution is 2.22. The normalized spacial score (nSPS) is 10.7. The summed E-state index contributed by atoms with van der Waals surface area (Å²) in [7, 11) is 0. The second-order valence-electron chi connectivity index (χ2n) is 7.40. The smallest absolute Gasteiger partial charge is 0.234 e. The number of nitrogens with one attached hydrogen (secondary N) is 2. The number of nitrogens with zero attached hydrogens (tertiary/aromatic N) is 3. The molecule has 0 saturated carbocycles.